The number of rotatable bonds is 62. The van der Waals surface area contributed by atoms with Gasteiger partial charge in [-0.05, 0) is 64.2 Å². The van der Waals surface area contributed by atoms with Crippen molar-refractivity contribution < 1.29 is 28.6 Å². The van der Waals surface area contributed by atoms with Crippen LogP contribution in [-0.4, -0.2) is 37.2 Å². The molecular formula is C71H128O6. The highest BCUT2D eigenvalue weighted by molar-refractivity contribution is 5.71. The average Bonchev–Trinajstić information content (AvgIpc) is 3.43. The lowest BCUT2D eigenvalue weighted by Crippen LogP contribution is -2.30. The van der Waals surface area contributed by atoms with Crippen LogP contribution in [0.4, 0.5) is 0 Å². The first-order valence-electron chi connectivity index (χ1n) is 33.8. The Labute approximate surface area is 479 Å². The number of esters is 3. The maximum atomic E-state index is 12.8. The van der Waals surface area contributed by atoms with Crippen LogP contribution in [0.15, 0.2) is 60.8 Å². The minimum absolute atomic E-state index is 0.0758. The van der Waals surface area contributed by atoms with E-state index in [2.05, 4.69) is 81.5 Å². The zero-order valence-electron chi connectivity index (χ0n) is 51.5. The van der Waals surface area contributed by atoms with Gasteiger partial charge in [0.25, 0.3) is 0 Å². The van der Waals surface area contributed by atoms with E-state index in [9.17, 15) is 14.4 Å². The molecule has 0 aromatic carbocycles. The largest absolute Gasteiger partial charge is 0.462 e. The molecule has 0 aliphatic heterocycles. The Morgan fingerprint density at radius 2 is 0.506 bits per heavy atom. The fraction of sp³-hybridized carbons (Fsp3) is 0.817. The van der Waals surface area contributed by atoms with E-state index < -0.39 is 6.10 Å². The molecule has 0 spiro atoms. The molecule has 0 rings (SSSR count). The first-order chi connectivity index (χ1) is 38.0. The second kappa shape index (κ2) is 65.6. The molecule has 0 aliphatic rings. The van der Waals surface area contributed by atoms with Gasteiger partial charge in [-0.15, -0.1) is 0 Å². The van der Waals surface area contributed by atoms with Crippen LogP contribution in [-0.2, 0) is 28.6 Å². The third-order valence-corrected chi connectivity index (χ3v) is 15.0. The van der Waals surface area contributed by atoms with Gasteiger partial charge < -0.3 is 14.2 Å². The fourth-order valence-electron chi connectivity index (χ4n) is 10.0. The van der Waals surface area contributed by atoms with Crippen LogP contribution < -0.4 is 0 Å². The molecule has 0 radical (unpaired) electrons. The smallest absolute Gasteiger partial charge is 0.306 e. The maximum Gasteiger partial charge on any atom is 0.306 e. The van der Waals surface area contributed by atoms with Gasteiger partial charge in [0.1, 0.15) is 13.2 Å². The van der Waals surface area contributed by atoms with E-state index in [4.69, 9.17) is 14.2 Å². The molecule has 1 unspecified atom stereocenters. The number of unbranched alkanes of at least 4 members (excludes halogenated alkanes) is 41. The Morgan fingerprint density at radius 3 is 0.792 bits per heavy atom. The second-order valence-electron chi connectivity index (χ2n) is 22.7. The molecule has 0 heterocycles. The molecule has 1 atom stereocenters. The van der Waals surface area contributed by atoms with E-state index in [0.717, 1.165) is 103 Å². The van der Waals surface area contributed by atoms with E-state index >= 15 is 0 Å². The number of ether oxygens (including phenoxy) is 3. The van der Waals surface area contributed by atoms with E-state index in [-0.39, 0.29) is 31.1 Å². The molecule has 0 aliphatic carbocycles. The van der Waals surface area contributed by atoms with Crippen LogP contribution in [0, 0.1) is 0 Å². The van der Waals surface area contributed by atoms with Gasteiger partial charge in [0.15, 0.2) is 6.10 Å². The second-order valence-corrected chi connectivity index (χ2v) is 22.7. The van der Waals surface area contributed by atoms with Crippen LogP contribution in [0.3, 0.4) is 0 Å². The van der Waals surface area contributed by atoms with Crippen molar-refractivity contribution in [3.05, 3.63) is 60.8 Å². The Balaban J connectivity index is 3.96. The molecule has 448 valence electrons. The molecule has 6 nitrogen and oxygen atoms in total. The molecule has 77 heavy (non-hydrogen) atoms. The number of carbonyl (C=O) groups is 3. The van der Waals surface area contributed by atoms with Crippen LogP contribution >= 0.6 is 0 Å². The fourth-order valence-corrected chi connectivity index (χ4v) is 10.0. The Morgan fingerprint density at radius 1 is 0.273 bits per heavy atom. The zero-order chi connectivity index (χ0) is 55.7. The molecule has 0 amide bonds. The third-order valence-electron chi connectivity index (χ3n) is 15.0. The summed E-state index contributed by atoms with van der Waals surface area (Å²) in [5.41, 5.74) is 0. The van der Waals surface area contributed by atoms with Crippen molar-refractivity contribution in [2.24, 2.45) is 0 Å². The van der Waals surface area contributed by atoms with E-state index in [0.29, 0.717) is 19.3 Å². The SMILES string of the molecule is CC/C=C\C/C=C\C/C=C\C/C=C\C/C=C\CCCCCCCCCC(=O)OC(COC(=O)CCCCCCC)COC(=O)CCCCCCCCCCCCCCCCCCCCCCCCCCCCCCCCC. The quantitative estimate of drug-likeness (QED) is 0.0261. The predicted octanol–water partition coefficient (Wildman–Crippen LogP) is 23.1. The molecule has 6 heteroatoms. The highest BCUT2D eigenvalue weighted by atomic mass is 16.6. The summed E-state index contributed by atoms with van der Waals surface area (Å²) in [6.07, 6.45) is 84.5. The minimum Gasteiger partial charge on any atom is -0.462 e. The topological polar surface area (TPSA) is 78.9 Å². The molecule has 0 bridgehead atoms. The monoisotopic (exact) mass is 1080 g/mol. The summed E-state index contributed by atoms with van der Waals surface area (Å²) in [4.78, 5) is 38.0. The lowest BCUT2D eigenvalue weighted by molar-refractivity contribution is -0.167. The van der Waals surface area contributed by atoms with Gasteiger partial charge in [-0.25, -0.2) is 0 Å². The molecule has 0 fully saturated rings. The number of carbonyl (C=O) groups excluding carboxylic acids is 3. The lowest BCUT2D eigenvalue weighted by atomic mass is 10.0. The van der Waals surface area contributed by atoms with Crippen LogP contribution in [0.2, 0.25) is 0 Å². The van der Waals surface area contributed by atoms with Gasteiger partial charge in [-0.2, -0.15) is 0 Å². The van der Waals surface area contributed by atoms with E-state index in [1.54, 1.807) is 0 Å². The van der Waals surface area contributed by atoms with Crippen molar-refractivity contribution in [3.8, 4) is 0 Å². The van der Waals surface area contributed by atoms with Crippen molar-refractivity contribution >= 4 is 17.9 Å². The van der Waals surface area contributed by atoms with E-state index in [1.807, 2.05) is 0 Å². The van der Waals surface area contributed by atoms with Crippen LogP contribution in [0.1, 0.15) is 355 Å². The van der Waals surface area contributed by atoms with Crippen molar-refractivity contribution in [2.75, 3.05) is 13.2 Å². The highest BCUT2D eigenvalue weighted by Gasteiger charge is 2.19. The average molecular weight is 1080 g/mol. The van der Waals surface area contributed by atoms with Gasteiger partial charge in [0.2, 0.25) is 0 Å². The Bertz CT molecular complexity index is 1380. The van der Waals surface area contributed by atoms with Gasteiger partial charge in [0.05, 0.1) is 0 Å². The van der Waals surface area contributed by atoms with Gasteiger partial charge in [-0.1, -0.05) is 332 Å². The summed E-state index contributed by atoms with van der Waals surface area (Å²) in [6, 6.07) is 0. The van der Waals surface area contributed by atoms with Crippen molar-refractivity contribution in [1.82, 2.24) is 0 Å². The summed E-state index contributed by atoms with van der Waals surface area (Å²) >= 11 is 0. The van der Waals surface area contributed by atoms with Crippen LogP contribution in [0.25, 0.3) is 0 Å². The van der Waals surface area contributed by atoms with Gasteiger partial charge in [0, 0.05) is 19.3 Å². The van der Waals surface area contributed by atoms with E-state index in [1.165, 1.54) is 212 Å². The molecule has 0 aromatic rings. The first-order valence-corrected chi connectivity index (χ1v) is 33.8. The summed E-state index contributed by atoms with van der Waals surface area (Å²) < 4.78 is 16.8. The first kappa shape index (κ1) is 74.1. The summed E-state index contributed by atoms with van der Waals surface area (Å²) in [7, 11) is 0. The van der Waals surface area contributed by atoms with Crippen molar-refractivity contribution in [3.63, 3.8) is 0 Å². The maximum absolute atomic E-state index is 12.8. The summed E-state index contributed by atoms with van der Waals surface area (Å²) in [6.45, 7) is 6.48. The van der Waals surface area contributed by atoms with Crippen molar-refractivity contribution in [2.45, 2.75) is 361 Å². The Kier molecular flexibility index (Phi) is 63.2. The lowest BCUT2D eigenvalue weighted by Gasteiger charge is -2.18. The third kappa shape index (κ3) is 63.8. The van der Waals surface area contributed by atoms with Crippen molar-refractivity contribution in [1.29, 1.82) is 0 Å². The normalized spacial score (nSPS) is 12.4. The number of hydrogen-bond donors (Lipinski definition) is 0. The molecular weight excluding hydrogens is 949 g/mol. The minimum atomic E-state index is -0.776. The standard InChI is InChI=1S/C71H128O6/c1-4-7-10-13-15-17-19-21-23-25-27-29-31-32-33-34-35-36-37-38-40-41-43-45-47-49-51-53-55-58-61-64-70(73)76-67-68(66-75-69(72)63-60-57-12-9-6-3)77-71(74)65-62-59-56-54-52-50-48-46-44-42-39-30-28-26-24-22-20-18-16-14-11-8-5-2/h8,11,16,18,22,24,28,30,42,44,68H,4-7,9-10,12-15,17,19-21,23,25-27,29,31-41,43,45-67H2,1-3H3/b11-8-,18-16-,24-22-,30-28-,44-42-. The predicted molar refractivity (Wildman–Crippen MR) is 335 cm³/mol. The Hall–Kier alpha value is -2.89. The number of allylic oxidation sites excluding steroid dienone is 10. The molecule has 0 aromatic heterocycles. The summed E-state index contributed by atoms with van der Waals surface area (Å²) in [5, 5.41) is 0. The summed E-state index contributed by atoms with van der Waals surface area (Å²) in [5.74, 6) is -0.885. The molecule has 0 N–H and O–H groups in total. The molecule has 0 saturated heterocycles. The molecule has 0 saturated carbocycles. The number of hydrogen-bond acceptors (Lipinski definition) is 6. The highest BCUT2D eigenvalue weighted by Crippen LogP contribution is 2.18. The van der Waals surface area contributed by atoms with Gasteiger partial charge in [-0.3, -0.25) is 14.4 Å². The van der Waals surface area contributed by atoms with Crippen LogP contribution in [0.5, 0.6) is 0 Å². The van der Waals surface area contributed by atoms with Gasteiger partial charge >= 0.3 is 17.9 Å². The zero-order valence-corrected chi connectivity index (χ0v) is 51.5.